The molecule has 3 rings (SSSR count). The van der Waals surface area contributed by atoms with Gasteiger partial charge in [-0.1, -0.05) is 56.9 Å². The molecule has 2 aliphatic carbocycles. The van der Waals surface area contributed by atoms with Crippen LogP contribution in [-0.4, -0.2) is 0 Å². The summed E-state index contributed by atoms with van der Waals surface area (Å²) in [6.45, 7) is 2.40. The lowest BCUT2D eigenvalue weighted by Gasteiger charge is -2.27. The van der Waals surface area contributed by atoms with Gasteiger partial charge < -0.3 is 0 Å². The number of allylic oxidation sites excluding steroid dienone is 2. The molecule has 0 saturated heterocycles. The van der Waals surface area contributed by atoms with E-state index in [-0.39, 0.29) is 5.82 Å². The van der Waals surface area contributed by atoms with Crippen LogP contribution in [0.4, 0.5) is 4.39 Å². The quantitative estimate of drug-likeness (QED) is 0.499. The number of benzene rings is 1. The minimum Gasteiger partial charge on any atom is -0.207 e. The lowest BCUT2D eigenvalue weighted by atomic mass is 9.78. The predicted octanol–water partition coefficient (Wildman–Crippen LogP) is 7.26. The Morgan fingerprint density at radius 3 is 2.25 bits per heavy atom. The first-order valence-electron chi connectivity index (χ1n) is 10.1. The zero-order chi connectivity index (χ0) is 16.8. The molecule has 24 heavy (non-hydrogen) atoms. The average Bonchev–Trinajstić information content (AvgIpc) is 2.62. The lowest BCUT2D eigenvalue weighted by molar-refractivity contribution is 0.278. The molecule has 2 saturated carbocycles. The van der Waals surface area contributed by atoms with E-state index in [0.717, 1.165) is 17.8 Å². The van der Waals surface area contributed by atoms with E-state index in [4.69, 9.17) is 0 Å². The third-order valence-corrected chi connectivity index (χ3v) is 6.40. The summed E-state index contributed by atoms with van der Waals surface area (Å²) in [5, 5.41) is 0. The fourth-order valence-corrected chi connectivity index (χ4v) is 4.62. The van der Waals surface area contributed by atoms with Crippen molar-refractivity contribution in [2.45, 2.75) is 77.0 Å². The topological polar surface area (TPSA) is 0 Å². The summed E-state index contributed by atoms with van der Waals surface area (Å²) in [7, 11) is 0. The molecule has 1 heteroatoms. The maximum absolute atomic E-state index is 13.0. The molecule has 0 unspecified atom stereocenters. The van der Waals surface area contributed by atoms with Gasteiger partial charge in [-0.3, -0.25) is 0 Å². The minimum absolute atomic E-state index is 0.122. The van der Waals surface area contributed by atoms with Crippen LogP contribution in [0, 0.1) is 23.6 Å². The number of rotatable bonds is 5. The third-order valence-electron chi connectivity index (χ3n) is 6.40. The minimum atomic E-state index is -0.122. The molecule has 2 fully saturated rings. The summed E-state index contributed by atoms with van der Waals surface area (Å²) >= 11 is 0. The van der Waals surface area contributed by atoms with E-state index in [2.05, 4.69) is 19.1 Å². The monoisotopic (exact) mass is 328 g/mol. The molecule has 0 spiro atoms. The average molecular weight is 329 g/mol. The van der Waals surface area contributed by atoms with Crippen molar-refractivity contribution in [1.82, 2.24) is 0 Å². The van der Waals surface area contributed by atoms with Gasteiger partial charge in [-0.25, -0.2) is 4.39 Å². The van der Waals surface area contributed by atoms with Crippen LogP contribution in [0.15, 0.2) is 36.4 Å². The van der Waals surface area contributed by atoms with Gasteiger partial charge >= 0.3 is 0 Å². The van der Waals surface area contributed by atoms with E-state index >= 15 is 0 Å². The molecule has 0 atom stereocenters. The second-order valence-corrected chi connectivity index (χ2v) is 8.29. The molecule has 132 valence electrons. The molecule has 2 aliphatic rings. The molecule has 0 radical (unpaired) electrons. The smallest absolute Gasteiger partial charge is 0.123 e. The van der Waals surface area contributed by atoms with Crippen molar-refractivity contribution < 1.29 is 4.39 Å². The van der Waals surface area contributed by atoms with E-state index < -0.39 is 0 Å². The second kappa shape index (κ2) is 8.83. The van der Waals surface area contributed by atoms with Gasteiger partial charge in [-0.05, 0) is 79.9 Å². The normalized spacial score (nSPS) is 31.4. The van der Waals surface area contributed by atoms with E-state index in [1.165, 1.54) is 69.8 Å². The number of halogens is 1. The maximum atomic E-state index is 13.0. The Hall–Kier alpha value is -1.11. The molecular weight excluding hydrogens is 295 g/mol. The van der Waals surface area contributed by atoms with E-state index in [9.17, 15) is 4.39 Å². The Kier molecular flexibility index (Phi) is 6.51. The Morgan fingerprint density at radius 1 is 0.917 bits per heavy atom. The lowest BCUT2D eigenvalue weighted by Crippen LogP contribution is -2.12. The molecule has 0 amide bonds. The van der Waals surface area contributed by atoms with Gasteiger partial charge in [0.25, 0.3) is 0 Å². The van der Waals surface area contributed by atoms with Crippen LogP contribution < -0.4 is 0 Å². The van der Waals surface area contributed by atoms with Gasteiger partial charge in [0.2, 0.25) is 0 Å². The van der Waals surface area contributed by atoms with Crippen molar-refractivity contribution in [2.24, 2.45) is 17.8 Å². The van der Waals surface area contributed by atoms with Gasteiger partial charge in [0, 0.05) is 0 Å². The van der Waals surface area contributed by atoms with E-state index in [1.807, 2.05) is 12.1 Å². The molecule has 0 heterocycles. The summed E-state index contributed by atoms with van der Waals surface area (Å²) < 4.78 is 13.0. The van der Waals surface area contributed by atoms with Gasteiger partial charge in [-0.2, -0.15) is 0 Å². The molecule has 0 aromatic heterocycles. The van der Waals surface area contributed by atoms with Crippen molar-refractivity contribution in [2.75, 3.05) is 0 Å². The highest BCUT2D eigenvalue weighted by atomic mass is 19.1. The standard InChI is InChI=1S/C23H33F/c1-18-6-8-19(9-7-18)4-2-3-5-20-10-12-21(13-11-20)22-14-16-23(24)17-15-22/h3,5,14-21H,2,4,6-13H2,1H3/b5-3+. The highest BCUT2D eigenvalue weighted by molar-refractivity contribution is 5.21. The summed E-state index contributed by atoms with van der Waals surface area (Å²) in [5.74, 6) is 3.24. The first-order valence-corrected chi connectivity index (χ1v) is 10.1. The van der Waals surface area contributed by atoms with Crippen LogP contribution in [0.5, 0.6) is 0 Å². The van der Waals surface area contributed by atoms with E-state index in [1.54, 1.807) is 12.1 Å². The van der Waals surface area contributed by atoms with Crippen LogP contribution in [0.3, 0.4) is 0 Å². The summed E-state index contributed by atoms with van der Waals surface area (Å²) in [6.07, 6.45) is 18.5. The van der Waals surface area contributed by atoms with Gasteiger partial charge in [0.1, 0.15) is 5.82 Å². The molecule has 0 bridgehead atoms. The van der Waals surface area contributed by atoms with Crippen molar-refractivity contribution in [3.63, 3.8) is 0 Å². The zero-order valence-corrected chi connectivity index (χ0v) is 15.2. The Labute approximate surface area is 147 Å². The molecule has 1 aromatic rings. The SMILES string of the molecule is CC1CCC(CC/C=C/C2CCC(c3ccc(F)cc3)CC2)CC1. The van der Waals surface area contributed by atoms with Crippen LogP contribution >= 0.6 is 0 Å². The van der Waals surface area contributed by atoms with Crippen molar-refractivity contribution in [3.05, 3.63) is 47.8 Å². The van der Waals surface area contributed by atoms with Crippen LogP contribution in [-0.2, 0) is 0 Å². The third kappa shape index (κ3) is 5.19. The van der Waals surface area contributed by atoms with Crippen molar-refractivity contribution in [1.29, 1.82) is 0 Å². The molecular formula is C23H33F. The van der Waals surface area contributed by atoms with Crippen LogP contribution in [0.25, 0.3) is 0 Å². The molecule has 0 aliphatic heterocycles. The largest absolute Gasteiger partial charge is 0.207 e. The number of hydrogen-bond acceptors (Lipinski definition) is 0. The second-order valence-electron chi connectivity index (χ2n) is 8.29. The van der Waals surface area contributed by atoms with E-state index in [0.29, 0.717) is 5.92 Å². The van der Waals surface area contributed by atoms with Crippen molar-refractivity contribution in [3.8, 4) is 0 Å². The van der Waals surface area contributed by atoms with Gasteiger partial charge in [0.15, 0.2) is 0 Å². The predicted molar refractivity (Wildman–Crippen MR) is 101 cm³/mol. The Balaban J connectivity index is 1.35. The highest BCUT2D eigenvalue weighted by Gasteiger charge is 2.21. The molecule has 1 aromatic carbocycles. The molecule has 0 N–H and O–H groups in total. The van der Waals surface area contributed by atoms with Crippen LogP contribution in [0.2, 0.25) is 0 Å². The first kappa shape index (κ1) is 17.7. The first-order chi connectivity index (χ1) is 11.7. The summed E-state index contributed by atoms with van der Waals surface area (Å²) in [5.41, 5.74) is 1.32. The fourth-order valence-electron chi connectivity index (χ4n) is 4.62. The zero-order valence-electron chi connectivity index (χ0n) is 15.2. The molecule has 0 nitrogen and oxygen atoms in total. The highest BCUT2D eigenvalue weighted by Crippen LogP contribution is 2.36. The summed E-state index contributed by atoms with van der Waals surface area (Å²) in [4.78, 5) is 0. The maximum Gasteiger partial charge on any atom is 0.123 e. The summed E-state index contributed by atoms with van der Waals surface area (Å²) in [6, 6.07) is 7.16. The van der Waals surface area contributed by atoms with Crippen molar-refractivity contribution >= 4 is 0 Å². The Bertz CT molecular complexity index is 499. The van der Waals surface area contributed by atoms with Gasteiger partial charge in [-0.15, -0.1) is 0 Å². The van der Waals surface area contributed by atoms with Crippen LogP contribution in [0.1, 0.15) is 82.6 Å². The van der Waals surface area contributed by atoms with Gasteiger partial charge in [0.05, 0.1) is 0 Å². The Morgan fingerprint density at radius 2 is 1.58 bits per heavy atom. The number of hydrogen-bond donors (Lipinski definition) is 0. The fraction of sp³-hybridized carbons (Fsp3) is 0.652.